The summed E-state index contributed by atoms with van der Waals surface area (Å²) in [5.41, 5.74) is 2.75. The van der Waals surface area contributed by atoms with Crippen LogP contribution in [0.4, 0.5) is 0 Å². The Morgan fingerprint density at radius 1 is 1.00 bits per heavy atom. The minimum Gasteiger partial charge on any atom is -0.126 e. The molecule has 0 amide bonds. The largest absolute Gasteiger partial charge is 0.126 e. The lowest BCUT2D eigenvalue weighted by atomic mass is 9.84. The van der Waals surface area contributed by atoms with Gasteiger partial charge < -0.3 is 0 Å². The van der Waals surface area contributed by atoms with Crippen LogP contribution in [0.5, 0.6) is 0 Å². The van der Waals surface area contributed by atoms with Crippen molar-refractivity contribution in [3.05, 3.63) is 35.4 Å². The second-order valence-electron chi connectivity index (χ2n) is 4.68. The molecule has 0 N–H and O–H groups in total. The van der Waals surface area contributed by atoms with Gasteiger partial charge in [-0.1, -0.05) is 56.5 Å². The van der Waals surface area contributed by atoms with Crippen LogP contribution in [0.15, 0.2) is 24.3 Å². The molecule has 0 spiro atoms. The van der Waals surface area contributed by atoms with Crippen LogP contribution in [-0.2, 0) is 6.42 Å². The molecule has 1 aromatic carbocycles. The topological polar surface area (TPSA) is 0 Å². The zero-order valence-corrected chi connectivity index (χ0v) is 11.4. The maximum absolute atomic E-state index is 6.10. The van der Waals surface area contributed by atoms with Gasteiger partial charge in [-0.25, -0.2) is 0 Å². The van der Waals surface area contributed by atoms with Gasteiger partial charge in [0.2, 0.25) is 0 Å². The zero-order valence-electron chi connectivity index (χ0n) is 10.7. The number of hydrogen-bond acceptors (Lipinski definition) is 0. The minimum absolute atomic E-state index is 0.624. The molecule has 90 valence electrons. The Kier molecular flexibility index (Phi) is 5.90. The minimum atomic E-state index is 0.624. The highest BCUT2D eigenvalue weighted by atomic mass is 35.5. The molecule has 1 rings (SSSR count). The van der Waals surface area contributed by atoms with E-state index in [1.807, 2.05) is 0 Å². The molecule has 0 aliphatic rings. The molecule has 0 saturated carbocycles. The Morgan fingerprint density at radius 3 is 2.00 bits per heavy atom. The van der Waals surface area contributed by atoms with Gasteiger partial charge in [0, 0.05) is 5.88 Å². The molecule has 0 nitrogen and oxygen atoms in total. The van der Waals surface area contributed by atoms with Gasteiger partial charge in [-0.2, -0.15) is 0 Å². The van der Waals surface area contributed by atoms with Gasteiger partial charge >= 0.3 is 0 Å². The molecule has 0 aliphatic carbocycles. The molecule has 0 radical (unpaired) electrons. The van der Waals surface area contributed by atoms with Crippen molar-refractivity contribution in [3.8, 4) is 0 Å². The van der Waals surface area contributed by atoms with E-state index in [1.165, 1.54) is 24.0 Å². The monoisotopic (exact) mass is 238 g/mol. The lowest BCUT2D eigenvalue weighted by molar-refractivity contribution is 0.339. The Labute approximate surface area is 105 Å². The smallest absolute Gasteiger partial charge is 0.0257 e. The van der Waals surface area contributed by atoms with Crippen molar-refractivity contribution < 1.29 is 0 Å². The lowest BCUT2D eigenvalue weighted by Crippen LogP contribution is -2.17. The van der Waals surface area contributed by atoms with Crippen molar-refractivity contribution in [2.45, 2.75) is 40.0 Å². The van der Waals surface area contributed by atoms with Crippen LogP contribution >= 0.6 is 11.6 Å². The molecule has 1 atom stereocenters. The molecule has 1 heteroatoms. The van der Waals surface area contributed by atoms with E-state index in [2.05, 4.69) is 45.0 Å². The fourth-order valence-corrected chi connectivity index (χ4v) is 2.69. The molecule has 1 aromatic rings. The van der Waals surface area contributed by atoms with Gasteiger partial charge in [0.15, 0.2) is 0 Å². The second kappa shape index (κ2) is 6.96. The van der Waals surface area contributed by atoms with Crippen molar-refractivity contribution >= 4 is 11.6 Å². The van der Waals surface area contributed by atoms with Crippen molar-refractivity contribution in [1.29, 1.82) is 0 Å². The zero-order chi connectivity index (χ0) is 12.0. The summed E-state index contributed by atoms with van der Waals surface area (Å²) in [6, 6.07) is 8.84. The highest BCUT2D eigenvalue weighted by molar-refractivity contribution is 6.18. The SMILES string of the molecule is CCC(CC)C(CCl)Cc1ccc(C)cc1. The molecule has 1 unspecified atom stereocenters. The number of benzene rings is 1. The predicted octanol–water partition coefficient (Wildman–Crippen LogP) is 4.83. The highest BCUT2D eigenvalue weighted by Crippen LogP contribution is 2.24. The van der Waals surface area contributed by atoms with Gasteiger partial charge in [-0.3, -0.25) is 0 Å². The molecule has 0 heterocycles. The third kappa shape index (κ3) is 3.83. The van der Waals surface area contributed by atoms with Crippen molar-refractivity contribution in [1.82, 2.24) is 0 Å². The average molecular weight is 239 g/mol. The van der Waals surface area contributed by atoms with Crippen LogP contribution in [0.2, 0.25) is 0 Å². The van der Waals surface area contributed by atoms with E-state index < -0.39 is 0 Å². The summed E-state index contributed by atoms with van der Waals surface area (Å²) in [7, 11) is 0. The Morgan fingerprint density at radius 2 is 1.56 bits per heavy atom. The van der Waals surface area contributed by atoms with E-state index >= 15 is 0 Å². The fraction of sp³-hybridized carbons (Fsp3) is 0.600. The summed E-state index contributed by atoms with van der Waals surface area (Å²) in [5.74, 6) is 2.17. The average Bonchev–Trinajstić information content (AvgIpc) is 2.32. The molecule has 0 saturated heterocycles. The number of hydrogen-bond donors (Lipinski definition) is 0. The van der Waals surface area contributed by atoms with Gasteiger partial charge in [0.1, 0.15) is 0 Å². The summed E-state index contributed by atoms with van der Waals surface area (Å²) in [5, 5.41) is 0. The van der Waals surface area contributed by atoms with Crippen LogP contribution in [-0.4, -0.2) is 5.88 Å². The van der Waals surface area contributed by atoms with E-state index in [-0.39, 0.29) is 0 Å². The molecule has 16 heavy (non-hydrogen) atoms. The van der Waals surface area contributed by atoms with Crippen LogP contribution in [0.1, 0.15) is 37.8 Å². The maximum Gasteiger partial charge on any atom is 0.0257 e. The van der Waals surface area contributed by atoms with Crippen molar-refractivity contribution in [3.63, 3.8) is 0 Å². The van der Waals surface area contributed by atoms with Crippen LogP contribution in [0.3, 0.4) is 0 Å². The van der Waals surface area contributed by atoms with Crippen LogP contribution in [0.25, 0.3) is 0 Å². The lowest BCUT2D eigenvalue weighted by Gasteiger charge is -2.23. The van der Waals surface area contributed by atoms with E-state index in [0.717, 1.165) is 18.2 Å². The molecular weight excluding hydrogens is 216 g/mol. The molecule has 0 aromatic heterocycles. The first-order chi connectivity index (χ1) is 7.71. The quantitative estimate of drug-likeness (QED) is 0.623. The molecule has 0 aliphatic heterocycles. The Balaban J connectivity index is 2.65. The summed E-state index contributed by atoms with van der Waals surface area (Å²) in [6.07, 6.45) is 3.59. The number of rotatable bonds is 6. The summed E-state index contributed by atoms with van der Waals surface area (Å²) in [6.45, 7) is 6.66. The summed E-state index contributed by atoms with van der Waals surface area (Å²) < 4.78 is 0. The standard InChI is InChI=1S/C15H23Cl/c1-4-14(5-2)15(11-16)10-13-8-6-12(3)7-9-13/h6-9,14-15H,4-5,10-11H2,1-3H3. The first kappa shape index (κ1) is 13.6. The predicted molar refractivity (Wildman–Crippen MR) is 73.2 cm³/mol. The third-order valence-corrected chi connectivity index (χ3v) is 3.93. The summed E-state index contributed by atoms with van der Waals surface area (Å²) >= 11 is 6.10. The van der Waals surface area contributed by atoms with E-state index in [9.17, 15) is 0 Å². The Hall–Kier alpha value is -0.490. The van der Waals surface area contributed by atoms with Gasteiger partial charge in [0.05, 0.1) is 0 Å². The first-order valence-electron chi connectivity index (χ1n) is 6.32. The first-order valence-corrected chi connectivity index (χ1v) is 6.86. The molecular formula is C15H23Cl. The van der Waals surface area contributed by atoms with Gasteiger partial charge in [0.25, 0.3) is 0 Å². The number of halogens is 1. The van der Waals surface area contributed by atoms with Gasteiger partial charge in [-0.05, 0) is 30.7 Å². The van der Waals surface area contributed by atoms with E-state index in [4.69, 9.17) is 11.6 Å². The normalized spacial score (nSPS) is 13.1. The second-order valence-corrected chi connectivity index (χ2v) is 4.99. The van der Waals surface area contributed by atoms with Crippen LogP contribution < -0.4 is 0 Å². The number of aryl methyl sites for hydroxylation is 1. The summed E-state index contributed by atoms with van der Waals surface area (Å²) in [4.78, 5) is 0. The van der Waals surface area contributed by atoms with E-state index in [0.29, 0.717) is 5.92 Å². The molecule has 0 bridgehead atoms. The van der Waals surface area contributed by atoms with Crippen molar-refractivity contribution in [2.75, 3.05) is 5.88 Å². The Bertz CT molecular complexity index is 285. The number of alkyl halides is 1. The molecule has 0 fully saturated rings. The van der Waals surface area contributed by atoms with Crippen LogP contribution in [0, 0.1) is 18.8 Å². The highest BCUT2D eigenvalue weighted by Gasteiger charge is 2.17. The van der Waals surface area contributed by atoms with E-state index in [1.54, 1.807) is 0 Å². The van der Waals surface area contributed by atoms with Gasteiger partial charge in [-0.15, -0.1) is 11.6 Å². The third-order valence-electron chi connectivity index (χ3n) is 3.53. The maximum atomic E-state index is 6.10. The fourth-order valence-electron chi connectivity index (χ4n) is 2.33. The van der Waals surface area contributed by atoms with Crippen molar-refractivity contribution in [2.24, 2.45) is 11.8 Å².